The maximum atomic E-state index is 11.5. The minimum Gasteiger partial charge on any atom is -0.356 e. The molecule has 1 aromatic rings. The summed E-state index contributed by atoms with van der Waals surface area (Å²) >= 11 is 5.13. The van der Waals surface area contributed by atoms with Crippen molar-refractivity contribution in [3.8, 4) is 0 Å². The minimum atomic E-state index is -3.05. The molecule has 0 amide bonds. The molecule has 1 atom stereocenters. The van der Waals surface area contributed by atoms with E-state index in [2.05, 4.69) is 10.6 Å². The minimum absolute atomic E-state index is 0.00129. The van der Waals surface area contributed by atoms with Crippen molar-refractivity contribution < 1.29 is 13.3 Å². The van der Waals surface area contributed by atoms with Crippen molar-refractivity contribution in [2.75, 3.05) is 16.8 Å². The molecule has 1 aliphatic heterocycles. The van der Waals surface area contributed by atoms with E-state index in [4.69, 9.17) is 12.2 Å². The third-order valence-corrected chi connectivity index (χ3v) is 5.37. The van der Waals surface area contributed by atoms with Gasteiger partial charge >= 0.3 is 0 Å². The van der Waals surface area contributed by atoms with E-state index in [-0.39, 0.29) is 28.0 Å². The third kappa shape index (κ3) is 3.88. The summed E-state index contributed by atoms with van der Waals surface area (Å²) in [5, 5.41) is 16.8. The summed E-state index contributed by atoms with van der Waals surface area (Å²) in [4.78, 5) is 10.4. The highest BCUT2D eigenvalue weighted by molar-refractivity contribution is 7.91. The first-order valence-electron chi connectivity index (χ1n) is 6.24. The van der Waals surface area contributed by atoms with Gasteiger partial charge in [0.1, 0.15) is 5.69 Å². The lowest BCUT2D eigenvalue weighted by atomic mass is 10.0. The molecule has 0 bridgehead atoms. The van der Waals surface area contributed by atoms with E-state index in [1.807, 2.05) is 0 Å². The fourth-order valence-electron chi connectivity index (χ4n) is 2.28. The second-order valence-electron chi connectivity index (χ2n) is 5.26. The second kappa shape index (κ2) is 5.57. The number of hydrogen-bond donors (Lipinski definition) is 2. The first kappa shape index (κ1) is 15.6. The monoisotopic (exact) mass is 329 g/mol. The number of thiocarbonyl (C=S) groups is 1. The maximum Gasteiger partial charge on any atom is 0.292 e. The Balaban J connectivity index is 2.08. The van der Waals surface area contributed by atoms with Gasteiger partial charge in [-0.1, -0.05) is 12.1 Å². The van der Waals surface area contributed by atoms with Gasteiger partial charge in [-0.2, -0.15) is 0 Å². The topological polar surface area (TPSA) is 101 Å². The molecule has 7 nitrogen and oxygen atoms in total. The molecule has 21 heavy (non-hydrogen) atoms. The molecule has 0 aliphatic carbocycles. The molecular formula is C12H15N3O4S2. The van der Waals surface area contributed by atoms with E-state index in [0.29, 0.717) is 6.42 Å². The predicted molar refractivity (Wildman–Crippen MR) is 84.1 cm³/mol. The highest BCUT2D eigenvalue weighted by atomic mass is 32.2. The van der Waals surface area contributed by atoms with Gasteiger partial charge in [0.2, 0.25) is 0 Å². The molecule has 1 saturated heterocycles. The van der Waals surface area contributed by atoms with Gasteiger partial charge in [-0.3, -0.25) is 10.1 Å². The van der Waals surface area contributed by atoms with Gasteiger partial charge < -0.3 is 10.6 Å². The number of rotatable bonds is 3. The largest absolute Gasteiger partial charge is 0.356 e. The maximum absolute atomic E-state index is 11.5. The Labute approximate surface area is 127 Å². The molecular weight excluding hydrogens is 314 g/mol. The summed E-state index contributed by atoms with van der Waals surface area (Å²) in [6.07, 6.45) is 0.452. The number of nitrogens with one attached hydrogen (secondary N) is 2. The predicted octanol–water partition coefficient (Wildman–Crippen LogP) is 1.46. The first-order valence-corrected chi connectivity index (χ1v) is 8.47. The first-order chi connectivity index (χ1) is 9.71. The van der Waals surface area contributed by atoms with Crippen LogP contribution < -0.4 is 10.6 Å². The van der Waals surface area contributed by atoms with Crippen LogP contribution in [0.5, 0.6) is 0 Å². The zero-order chi connectivity index (χ0) is 15.7. The summed E-state index contributed by atoms with van der Waals surface area (Å²) in [7, 11) is -3.05. The highest BCUT2D eigenvalue weighted by Gasteiger charge is 2.38. The molecule has 114 valence electrons. The van der Waals surface area contributed by atoms with E-state index >= 15 is 0 Å². The number of benzene rings is 1. The lowest BCUT2D eigenvalue weighted by Crippen LogP contribution is -2.48. The number of hydrogen-bond acceptors (Lipinski definition) is 5. The molecule has 1 aromatic carbocycles. The molecule has 1 unspecified atom stereocenters. The smallest absolute Gasteiger partial charge is 0.292 e. The SMILES string of the molecule is CC1(NC(=S)Nc2ccccc2[N+](=O)[O-])CCS(=O)(=O)C1. The van der Waals surface area contributed by atoms with Crippen LogP contribution in [0.3, 0.4) is 0 Å². The van der Waals surface area contributed by atoms with Crippen molar-refractivity contribution in [2.45, 2.75) is 18.9 Å². The Bertz CT molecular complexity index is 689. The van der Waals surface area contributed by atoms with E-state index in [1.54, 1.807) is 25.1 Å². The fourth-order valence-corrected chi connectivity index (χ4v) is 4.72. The standard InChI is InChI=1S/C12H15N3O4S2/c1-12(6-7-21(18,19)8-12)14-11(20)13-9-4-2-3-5-10(9)15(16)17/h2-5H,6-8H2,1H3,(H2,13,14,20). The third-order valence-electron chi connectivity index (χ3n) is 3.27. The lowest BCUT2D eigenvalue weighted by molar-refractivity contribution is -0.383. The van der Waals surface area contributed by atoms with Gasteiger partial charge in [-0.15, -0.1) is 0 Å². The zero-order valence-corrected chi connectivity index (χ0v) is 13.0. The van der Waals surface area contributed by atoms with Crippen LogP contribution >= 0.6 is 12.2 Å². The van der Waals surface area contributed by atoms with Crippen molar-refractivity contribution in [1.82, 2.24) is 5.32 Å². The Morgan fingerprint density at radius 3 is 2.67 bits per heavy atom. The summed E-state index contributed by atoms with van der Waals surface area (Å²) in [6.45, 7) is 1.77. The number of anilines is 1. The van der Waals surface area contributed by atoms with Gasteiger partial charge in [0.15, 0.2) is 14.9 Å². The molecule has 0 saturated carbocycles. The Hall–Kier alpha value is -1.74. The van der Waals surface area contributed by atoms with Crippen LogP contribution in [0.4, 0.5) is 11.4 Å². The van der Waals surface area contributed by atoms with Crippen LogP contribution in [0.2, 0.25) is 0 Å². The molecule has 0 spiro atoms. The molecule has 1 fully saturated rings. The molecule has 0 radical (unpaired) electrons. The highest BCUT2D eigenvalue weighted by Crippen LogP contribution is 2.25. The molecule has 1 heterocycles. The fraction of sp³-hybridized carbons (Fsp3) is 0.417. The van der Waals surface area contributed by atoms with E-state index in [9.17, 15) is 18.5 Å². The number of para-hydroxylation sites is 2. The molecule has 2 N–H and O–H groups in total. The van der Waals surface area contributed by atoms with Crippen molar-refractivity contribution in [3.05, 3.63) is 34.4 Å². The summed E-state index contributed by atoms with van der Waals surface area (Å²) in [5.74, 6) is 0.114. The Morgan fingerprint density at radius 2 is 2.10 bits per heavy atom. The average molecular weight is 329 g/mol. The van der Waals surface area contributed by atoms with Gasteiger partial charge in [-0.05, 0) is 31.6 Å². The van der Waals surface area contributed by atoms with Crippen LogP contribution in [0.25, 0.3) is 0 Å². The van der Waals surface area contributed by atoms with Crippen molar-refractivity contribution >= 4 is 38.5 Å². The normalized spacial score (nSPS) is 23.5. The molecule has 2 rings (SSSR count). The number of nitro benzene ring substituents is 1. The molecule has 9 heteroatoms. The summed E-state index contributed by atoms with van der Waals surface area (Å²) < 4.78 is 23.1. The lowest BCUT2D eigenvalue weighted by Gasteiger charge is -2.25. The van der Waals surface area contributed by atoms with Crippen LogP contribution in [0.1, 0.15) is 13.3 Å². The number of nitrogens with zero attached hydrogens (tertiary/aromatic N) is 1. The van der Waals surface area contributed by atoms with Crippen LogP contribution in [-0.4, -0.2) is 35.5 Å². The average Bonchev–Trinajstić information content (AvgIpc) is 2.63. The van der Waals surface area contributed by atoms with Crippen LogP contribution in [-0.2, 0) is 9.84 Å². The Morgan fingerprint density at radius 1 is 1.43 bits per heavy atom. The van der Waals surface area contributed by atoms with Crippen molar-refractivity contribution in [1.29, 1.82) is 0 Å². The van der Waals surface area contributed by atoms with Gasteiger partial charge in [0.25, 0.3) is 5.69 Å². The summed E-state index contributed by atoms with van der Waals surface area (Å²) in [5.41, 5.74) is -0.470. The van der Waals surface area contributed by atoms with Crippen LogP contribution in [0.15, 0.2) is 24.3 Å². The number of sulfone groups is 1. The van der Waals surface area contributed by atoms with Crippen molar-refractivity contribution in [2.24, 2.45) is 0 Å². The van der Waals surface area contributed by atoms with Gasteiger partial charge in [-0.25, -0.2) is 8.42 Å². The second-order valence-corrected chi connectivity index (χ2v) is 7.85. The van der Waals surface area contributed by atoms with Gasteiger partial charge in [0.05, 0.1) is 22.0 Å². The molecule has 0 aromatic heterocycles. The van der Waals surface area contributed by atoms with E-state index in [1.165, 1.54) is 6.07 Å². The number of nitro groups is 1. The van der Waals surface area contributed by atoms with Crippen LogP contribution in [0, 0.1) is 10.1 Å². The zero-order valence-electron chi connectivity index (χ0n) is 11.3. The van der Waals surface area contributed by atoms with E-state index < -0.39 is 20.3 Å². The molecule has 1 aliphatic rings. The quantitative estimate of drug-likeness (QED) is 0.492. The van der Waals surface area contributed by atoms with E-state index in [0.717, 1.165) is 0 Å². The Kier molecular flexibility index (Phi) is 4.15. The van der Waals surface area contributed by atoms with Gasteiger partial charge in [0, 0.05) is 6.07 Å². The summed E-state index contributed by atoms with van der Waals surface area (Å²) in [6, 6.07) is 6.12. The van der Waals surface area contributed by atoms with Crippen molar-refractivity contribution in [3.63, 3.8) is 0 Å².